The van der Waals surface area contributed by atoms with E-state index in [4.69, 9.17) is 5.11 Å². The predicted octanol–water partition coefficient (Wildman–Crippen LogP) is 2.55. The summed E-state index contributed by atoms with van der Waals surface area (Å²) in [6, 6.07) is 3.00. The van der Waals surface area contributed by atoms with Crippen LogP contribution in [0, 0.1) is 12.7 Å². The molecule has 0 aliphatic heterocycles. The van der Waals surface area contributed by atoms with E-state index in [0.717, 1.165) is 5.69 Å². The summed E-state index contributed by atoms with van der Waals surface area (Å²) >= 11 is 0. The van der Waals surface area contributed by atoms with Gasteiger partial charge in [0, 0.05) is 30.9 Å². The van der Waals surface area contributed by atoms with Gasteiger partial charge in [-0.1, -0.05) is 0 Å². The van der Waals surface area contributed by atoms with E-state index in [1.165, 1.54) is 13.0 Å². The molecule has 1 N–H and O–H groups in total. The minimum Gasteiger partial charge on any atom is -0.396 e. The van der Waals surface area contributed by atoms with Crippen LogP contribution in [0.1, 0.15) is 36.2 Å². The van der Waals surface area contributed by atoms with Crippen molar-refractivity contribution in [3.05, 3.63) is 29.1 Å². The smallest absolute Gasteiger partial charge is 0.161 e. The quantitative estimate of drug-likeness (QED) is 0.792. The van der Waals surface area contributed by atoms with Gasteiger partial charge in [-0.05, 0) is 44.9 Å². The minimum absolute atomic E-state index is 0.103. The normalized spacial score (nSPS) is 10.5. The molecular formula is C14H20FNO2. The summed E-state index contributed by atoms with van der Waals surface area (Å²) in [6.45, 7) is 6.56. The summed E-state index contributed by atoms with van der Waals surface area (Å²) in [5, 5.41) is 8.88. The lowest BCUT2D eigenvalue weighted by Gasteiger charge is -2.25. The fourth-order valence-corrected chi connectivity index (χ4v) is 1.92. The summed E-state index contributed by atoms with van der Waals surface area (Å²) in [5.74, 6) is -0.506. The van der Waals surface area contributed by atoms with E-state index in [1.807, 2.05) is 11.8 Å². The number of aryl methyl sites for hydroxylation is 1. The standard InChI is InChI=1S/C14H20FNO2/c1-4-16(6-5-7-17)14-8-10(2)13(15)9-12(14)11(3)18/h8-9,17H,4-7H2,1-3H3. The molecule has 3 nitrogen and oxygen atoms in total. The molecule has 0 saturated heterocycles. The third-order valence-corrected chi connectivity index (χ3v) is 2.96. The van der Waals surface area contributed by atoms with Crippen molar-refractivity contribution >= 4 is 11.5 Å². The van der Waals surface area contributed by atoms with Gasteiger partial charge < -0.3 is 10.0 Å². The van der Waals surface area contributed by atoms with Gasteiger partial charge in [-0.2, -0.15) is 0 Å². The van der Waals surface area contributed by atoms with Gasteiger partial charge in [0.25, 0.3) is 0 Å². The summed E-state index contributed by atoms with van der Waals surface area (Å²) in [6.07, 6.45) is 0.627. The Balaban J connectivity index is 3.18. The summed E-state index contributed by atoms with van der Waals surface area (Å²) in [5.41, 5.74) is 1.67. The summed E-state index contributed by atoms with van der Waals surface area (Å²) in [7, 11) is 0. The Bertz CT molecular complexity index is 432. The fraction of sp³-hybridized carbons (Fsp3) is 0.500. The number of hydrogen-bond acceptors (Lipinski definition) is 3. The second kappa shape index (κ2) is 6.50. The number of carbonyl (C=O) groups is 1. The van der Waals surface area contributed by atoms with Crippen LogP contribution in [-0.2, 0) is 0 Å². The molecule has 1 aromatic rings. The van der Waals surface area contributed by atoms with Gasteiger partial charge in [-0.15, -0.1) is 0 Å². The highest BCUT2D eigenvalue weighted by molar-refractivity contribution is 5.99. The molecule has 1 rings (SSSR count). The molecule has 0 amide bonds. The van der Waals surface area contributed by atoms with Crippen molar-refractivity contribution in [2.75, 3.05) is 24.6 Å². The van der Waals surface area contributed by atoms with E-state index in [9.17, 15) is 9.18 Å². The maximum atomic E-state index is 13.5. The van der Waals surface area contributed by atoms with E-state index >= 15 is 0 Å². The molecule has 0 aliphatic carbocycles. The molecule has 0 spiro atoms. The molecule has 0 aliphatic rings. The van der Waals surface area contributed by atoms with Crippen molar-refractivity contribution in [3.63, 3.8) is 0 Å². The van der Waals surface area contributed by atoms with Crippen LogP contribution in [-0.4, -0.2) is 30.6 Å². The molecule has 0 aromatic heterocycles. The number of carbonyl (C=O) groups excluding carboxylic acids is 1. The topological polar surface area (TPSA) is 40.5 Å². The first kappa shape index (κ1) is 14.6. The molecule has 0 saturated carbocycles. The summed E-state index contributed by atoms with van der Waals surface area (Å²) < 4.78 is 13.5. The number of anilines is 1. The van der Waals surface area contributed by atoms with Gasteiger partial charge in [0.15, 0.2) is 5.78 Å². The average molecular weight is 253 g/mol. The molecule has 0 radical (unpaired) electrons. The van der Waals surface area contributed by atoms with Crippen LogP contribution in [0.4, 0.5) is 10.1 Å². The molecule has 0 fully saturated rings. The zero-order valence-electron chi connectivity index (χ0n) is 11.2. The van der Waals surface area contributed by atoms with Gasteiger partial charge in [-0.3, -0.25) is 4.79 Å². The van der Waals surface area contributed by atoms with Crippen LogP contribution in [0.2, 0.25) is 0 Å². The Morgan fingerprint density at radius 3 is 2.61 bits per heavy atom. The molecule has 18 heavy (non-hydrogen) atoms. The van der Waals surface area contributed by atoms with Gasteiger partial charge >= 0.3 is 0 Å². The fourth-order valence-electron chi connectivity index (χ4n) is 1.92. The Morgan fingerprint density at radius 2 is 2.11 bits per heavy atom. The molecule has 0 atom stereocenters. The number of hydrogen-bond donors (Lipinski definition) is 1. The lowest BCUT2D eigenvalue weighted by molar-refractivity contribution is 0.101. The molecule has 0 heterocycles. The highest BCUT2D eigenvalue weighted by atomic mass is 19.1. The van der Waals surface area contributed by atoms with Crippen molar-refractivity contribution in [1.29, 1.82) is 0 Å². The maximum Gasteiger partial charge on any atom is 0.161 e. The third kappa shape index (κ3) is 3.29. The number of ketones is 1. The lowest BCUT2D eigenvalue weighted by Crippen LogP contribution is -2.26. The zero-order chi connectivity index (χ0) is 13.7. The first-order valence-corrected chi connectivity index (χ1v) is 6.18. The van der Waals surface area contributed by atoms with Crippen LogP contribution in [0.15, 0.2) is 12.1 Å². The first-order chi connectivity index (χ1) is 8.51. The van der Waals surface area contributed by atoms with Crippen molar-refractivity contribution in [2.45, 2.75) is 27.2 Å². The summed E-state index contributed by atoms with van der Waals surface area (Å²) in [4.78, 5) is 13.6. The van der Waals surface area contributed by atoms with Gasteiger partial charge in [0.05, 0.1) is 0 Å². The largest absolute Gasteiger partial charge is 0.396 e. The number of benzene rings is 1. The van der Waals surface area contributed by atoms with E-state index in [0.29, 0.717) is 30.6 Å². The van der Waals surface area contributed by atoms with Gasteiger partial charge in [0.1, 0.15) is 5.82 Å². The number of Topliss-reactive ketones (excluding diaryl/α,β-unsaturated/α-hetero) is 1. The van der Waals surface area contributed by atoms with Crippen LogP contribution >= 0.6 is 0 Å². The van der Waals surface area contributed by atoms with Crippen molar-refractivity contribution < 1.29 is 14.3 Å². The molecule has 0 bridgehead atoms. The Labute approximate surface area is 107 Å². The number of aliphatic hydroxyl groups excluding tert-OH is 1. The van der Waals surface area contributed by atoms with Gasteiger partial charge in [0.2, 0.25) is 0 Å². The van der Waals surface area contributed by atoms with E-state index in [-0.39, 0.29) is 18.2 Å². The number of rotatable bonds is 6. The minimum atomic E-state index is -0.359. The highest BCUT2D eigenvalue weighted by Gasteiger charge is 2.15. The Hall–Kier alpha value is -1.42. The Kier molecular flexibility index (Phi) is 5.28. The predicted molar refractivity (Wildman–Crippen MR) is 70.7 cm³/mol. The monoisotopic (exact) mass is 253 g/mol. The molecule has 4 heteroatoms. The van der Waals surface area contributed by atoms with E-state index < -0.39 is 0 Å². The second-order valence-corrected chi connectivity index (χ2v) is 4.33. The molecule has 100 valence electrons. The lowest BCUT2D eigenvalue weighted by atomic mass is 10.0. The van der Waals surface area contributed by atoms with E-state index in [1.54, 1.807) is 13.0 Å². The van der Waals surface area contributed by atoms with Crippen molar-refractivity contribution in [2.24, 2.45) is 0 Å². The SMILES string of the molecule is CCN(CCCO)c1cc(C)c(F)cc1C(C)=O. The zero-order valence-corrected chi connectivity index (χ0v) is 11.2. The highest BCUT2D eigenvalue weighted by Crippen LogP contribution is 2.25. The number of aliphatic hydroxyl groups is 1. The number of nitrogens with zero attached hydrogens (tertiary/aromatic N) is 1. The number of halogens is 1. The van der Waals surface area contributed by atoms with Gasteiger partial charge in [-0.25, -0.2) is 4.39 Å². The molecular weight excluding hydrogens is 233 g/mol. The average Bonchev–Trinajstić information content (AvgIpc) is 2.33. The van der Waals surface area contributed by atoms with Crippen molar-refractivity contribution in [3.8, 4) is 0 Å². The van der Waals surface area contributed by atoms with Crippen LogP contribution in [0.3, 0.4) is 0 Å². The first-order valence-electron chi connectivity index (χ1n) is 6.18. The van der Waals surface area contributed by atoms with E-state index in [2.05, 4.69) is 0 Å². The van der Waals surface area contributed by atoms with Crippen molar-refractivity contribution in [1.82, 2.24) is 0 Å². The van der Waals surface area contributed by atoms with Crippen LogP contribution in [0.5, 0.6) is 0 Å². The molecule has 0 unspecified atom stereocenters. The molecule has 1 aromatic carbocycles. The maximum absolute atomic E-state index is 13.5. The van der Waals surface area contributed by atoms with Crippen LogP contribution in [0.25, 0.3) is 0 Å². The van der Waals surface area contributed by atoms with Crippen LogP contribution < -0.4 is 4.90 Å². The second-order valence-electron chi connectivity index (χ2n) is 4.33. The Morgan fingerprint density at radius 1 is 1.44 bits per heavy atom. The third-order valence-electron chi connectivity index (χ3n) is 2.96.